The van der Waals surface area contributed by atoms with E-state index in [1.807, 2.05) is 36.2 Å². The Kier molecular flexibility index (Phi) is 4.47. The maximum atomic E-state index is 13.4. The fraction of sp³-hybridized carbons (Fsp3) is 0.267. The first kappa shape index (κ1) is 13.5. The largest absolute Gasteiger partial charge is 0.330 e. The van der Waals surface area contributed by atoms with Crippen molar-refractivity contribution < 1.29 is 4.39 Å². The van der Waals surface area contributed by atoms with E-state index in [9.17, 15) is 4.39 Å². The number of hydrogen-bond donors (Lipinski definition) is 1. The molecule has 2 aromatic rings. The molecule has 1 heterocycles. The van der Waals surface area contributed by atoms with E-state index in [4.69, 9.17) is 5.73 Å². The van der Waals surface area contributed by atoms with Crippen LogP contribution in [0.15, 0.2) is 42.6 Å². The lowest BCUT2D eigenvalue weighted by Crippen LogP contribution is -2.22. The van der Waals surface area contributed by atoms with Crippen LogP contribution in [0.1, 0.15) is 12.0 Å². The van der Waals surface area contributed by atoms with Gasteiger partial charge in [0.2, 0.25) is 0 Å². The van der Waals surface area contributed by atoms with Crippen molar-refractivity contribution >= 4 is 11.5 Å². The minimum absolute atomic E-state index is 0.248. The molecule has 4 heteroatoms. The number of aromatic nitrogens is 1. The predicted molar refractivity (Wildman–Crippen MR) is 76.1 cm³/mol. The first-order chi connectivity index (χ1) is 9.20. The van der Waals surface area contributed by atoms with Gasteiger partial charge in [0.15, 0.2) is 0 Å². The summed E-state index contributed by atoms with van der Waals surface area (Å²) in [6.07, 6.45) is 2.64. The van der Waals surface area contributed by atoms with Crippen molar-refractivity contribution in [3.8, 4) is 0 Å². The molecule has 0 bridgehead atoms. The van der Waals surface area contributed by atoms with E-state index in [1.54, 1.807) is 6.07 Å². The highest BCUT2D eigenvalue weighted by molar-refractivity contribution is 5.59. The summed E-state index contributed by atoms with van der Waals surface area (Å²) in [5.74, 6) is 0.562. The standard InChI is InChI=1S/C15H18FN3/c1-12-6-7-15(18-11-12)19(9-3-8-17)14-5-2-4-13(16)10-14/h2,4-7,10-11H,3,8-9,17H2,1H3. The Balaban J connectivity index is 2.32. The van der Waals surface area contributed by atoms with Crippen molar-refractivity contribution in [1.82, 2.24) is 4.98 Å². The molecule has 19 heavy (non-hydrogen) atoms. The number of benzene rings is 1. The second-order valence-corrected chi connectivity index (χ2v) is 4.47. The van der Waals surface area contributed by atoms with Gasteiger partial charge in [0.25, 0.3) is 0 Å². The van der Waals surface area contributed by atoms with Gasteiger partial charge < -0.3 is 10.6 Å². The zero-order chi connectivity index (χ0) is 13.7. The molecule has 0 radical (unpaired) electrons. The number of anilines is 2. The highest BCUT2D eigenvalue weighted by Gasteiger charge is 2.10. The van der Waals surface area contributed by atoms with Crippen LogP contribution in [0.25, 0.3) is 0 Å². The summed E-state index contributed by atoms with van der Waals surface area (Å²) in [5.41, 5.74) is 7.46. The van der Waals surface area contributed by atoms with E-state index in [0.29, 0.717) is 6.54 Å². The molecule has 0 atom stereocenters. The SMILES string of the molecule is Cc1ccc(N(CCCN)c2cccc(F)c2)nc1. The average Bonchev–Trinajstić information content (AvgIpc) is 2.41. The third kappa shape index (κ3) is 3.51. The Labute approximate surface area is 112 Å². The molecule has 2 N–H and O–H groups in total. The van der Waals surface area contributed by atoms with Crippen LogP contribution in [0.2, 0.25) is 0 Å². The summed E-state index contributed by atoms with van der Waals surface area (Å²) in [7, 11) is 0. The molecule has 2 rings (SSSR count). The van der Waals surface area contributed by atoms with Crippen LogP contribution in [0.4, 0.5) is 15.9 Å². The Bertz CT molecular complexity index is 525. The molecule has 3 nitrogen and oxygen atoms in total. The Morgan fingerprint density at radius 1 is 1.26 bits per heavy atom. The van der Waals surface area contributed by atoms with Crippen LogP contribution in [-0.4, -0.2) is 18.1 Å². The third-order valence-corrected chi connectivity index (χ3v) is 2.88. The van der Waals surface area contributed by atoms with Gasteiger partial charge in [-0.15, -0.1) is 0 Å². The highest BCUT2D eigenvalue weighted by atomic mass is 19.1. The van der Waals surface area contributed by atoms with E-state index in [-0.39, 0.29) is 5.82 Å². The smallest absolute Gasteiger partial charge is 0.132 e. The zero-order valence-corrected chi connectivity index (χ0v) is 11.0. The molecule has 1 aromatic carbocycles. The Morgan fingerprint density at radius 3 is 2.74 bits per heavy atom. The van der Waals surface area contributed by atoms with Crippen LogP contribution >= 0.6 is 0 Å². The lowest BCUT2D eigenvalue weighted by atomic mass is 10.2. The van der Waals surface area contributed by atoms with E-state index in [0.717, 1.165) is 30.0 Å². The topological polar surface area (TPSA) is 42.1 Å². The number of halogens is 1. The zero-order valence-electron chi connectivity index (χ0n) is 11.0. The molecule has 0 amide bonds. The van der Waals surface area contributed by atoms with Gasteiger partial charge >= 0.3 is 0 Å². The van der Waals surface area contributed by atoms with Crippen LogP contribution in [0, 0.1) is 12.7 Å². The average molecular weight is 259 g/mol. The number of hydrogen-bond acceptors (Lipinski definition) is 3. The molecule has 0 aliphatic heterocycles. The Hall–Kier alpha value is -1.94. The third-order valence-electron chi connectivity index (χ3n) is 2.88. The van der Waals surface area contributed by atoms with Crippen molar-refractivity contribution in [1.29, 1.82) is 0 Å². The van der Waals surface area contributed by atoms with Crippen LogP contribution < -0.4 is 10.6 Å². The van der Waals surface area contributed by atoms with Gasteiger partial charge in [-0.1, -0.05) is 12.1 Å². The fourth-order valence-electron chi connectivity index (χ4n) is 1.89. The first-order valence-electron chi connectivity index (χ1n) is 6.36. The second kappa shape index (κ2) is 6.29. The van der Waals surface area contributed by atoms with Gasteiger partial charge in [-0.3, -0.25) is 0 Å². The Morgan fingerprint density at radius 2 is 2.11 bits per heavy atom. The summed E-state index contributed by atoms with van der Waals surface area (Å²) in [6, 6.07) is 10.5. The summed E-state index contributed by atoms with van der Waals surface area (Å²) in [6.45, 7) is 3.30. The quantitative estimate of drug-likeness (QED) is 0.897. The fourth-order valence-corrected chi connectivity index (χ4v) is 1.89. The normalized spacial score (nSPS) is 10.5. The predicted octanol–water partition coefficient (Wildman–Crippen LogP) is 3.02. The summed E-state index contributed by atoms with van der Waals surface area (Å²) in [4.78, 5) is 6.38. The van der Waals surface area contributed by atoms with Gasteiger partial charge in [0, 0.05) is 18.4 Å². The van der Waals surface area contributed by atoms with Crippen molar-refractivity contribution in [2.24, 2.45) is 5.73 Å². The second-order valence-electron chi connectivity index (χ2n) is 4.47. The molecule has 0 spiro atoms. The van der Waals surface area contributed by atoms with Crippen molar-refractivity contribution in [2.45, 2.75) is 13.3 Å². The van der Waals surface area contributed by atoms with E-state index >= 15 is 0 Å². The minimum Gasteiger partial charge on any atom is -0.330 e. The molecule has 0 aliphatic carbocycles. The molecular weight excluding hydrogens is 241 g/mol. The summed E-state index contributed by atoms with van der Waals surface area (Å²) >= 11 is 0. The van der Waals surface area contributed by atoms with Gasteiger partial charge in [-0.2, -0.15) is 0 Å². The number of nitrogens with two attached hydrogens (primary N) is 1. The molecule has 0 fully saturated rings. The monoisotopic (exact) mass is 259 g/mol. The van der Waals surface area contributed by atoms with Gasteiger partial charge in [0.1, 0.15) is 11.6 Å². The molecule has 100 valence electrons. The molecule has 1 aromatic heterocycles. The van der Waals surface area contributed by atoms with E-state index in [1.165, 1.54) is 12.1 Å². The minimum atomic E-state index is -0.248. The van der Waals surface area contributed by atoms with Crippen molar-refractivity contribution in [2.75, 3.05) is 18.0 Å². The summed E-state index contributed by atoms with van der Waals surface area (Å²) in [5, 5.41) is 0. The number of rotatable bonds is 5. The van der Waals surface area contributed by atoms with Crippen LogP contribution in [-0.2, 0) is 0 Å². The number of pyridine rings is 1. The van der Waals surface area contributed by atoms with Crippen LogP contribution in [0.3, 0.4) is 0 Å². The molecule has 0 unspecified atom stereocenters. The number of aryl methyl sites for hydroxylation is 1. The molecule has 0 saturated heterocycles. The van der Waals surface area contributed by atoms with E-state index in [2.05, 4.69) is 4.98 Å². The number of nitrogens with zero attached hydrogens (tertiary/aromatic N) is 2. The van der Waals surface area contributed by atoms with E-state index < -0.39 is 0 Å². The maximum Gasteiger partial charge on any atom is 0.132 e. The van der Waals surface area contributed by atoms with Gasteiger partial charge in [-0.05, 0) is 49.7 Å². The maximum absolute atomic E-state index is 13.4. The van der Waals surface area contributed by atoms with Crippen molar-refractivity contribution in [3.63, 3.8) is 0 Å². The lowest BCUT2D eigenvalue weighted by molar-refractivity contribution is 0.627. The van der Waals surface area contributed by atoms with Crippen LogP contribution in [0.5, 0.6) is 0 Å². The van der Waals surface area contributed by atoms with Gasteiger partial charge in [0.05, 0.1) is 0 Å². The molecule has 0 aliphatic rings. The van der Waals surface area contributed by atoms with Gasteiger partial charge in [-0.25, -0.2) is 9.37 Å². The molecule has 0 saturated carbocycles. The lowest BCUT2D eigenvalue weighted by Gasteiger charge is -2.23. The highest BCUT2D eigenvalue weighted by Crippen LogP contribution is 2.24. The van der Waals surface area contributed by atoms with Crippen molar-refractivity contribution in [3.05, 3.63) is 54.0 Å². The summed E-state index contributed by atoms with van der Waals surface area (Å²) < 4.78 is 13.4. The first-order valence-corrected chi connectivity index (χ1v) is 6.36. The molecular formula is C15H18FN3.